The van der Waals surface area contributed by atoms with Crippen LogP contribution in [-0.4, -0.2) is 62.2 Å². The SMILES string of the molecule is CCN(CC=CCN(CC)CCCN)CCCN. The third-order valence-electron chi connectivity index (χ3n) is 3.15. The highest BCUT2D eigenvalue weighted by Crippen LogP contribution is 1.94. The van der Waals surface area contributed by atoms with Crippen LogP contribution in [0.25, 0.3) is 0 Å². The van der Waals surface area contributed by atoms with Gasteiger partial charge in [0.1, 0.15) is 0 Å². The average Bonchev–Trinajstić information content (AvgIpc) is 2.41. The number of nitrogens with two attached hydrogens (primary N) is 2. The predicted octanol–water partition coefficient (Wildman–Crippen LogP) is 0.884. The van der Waals surface area contributed by atoms with Crippen LogP contribution < -0.4 is 11.5 Å². The van der Waals surface area contributed by atoms with E-state index in [-0.39, 0.29) is 0 Å². The van der Waals surface area contributed by atoms with Crippen molar-refractivity contribution in [3.63, 3.8) is 0 Å². The first-order valence-electron chi connectivity index (χ1n) is 7.28. The van der Waals surface area contributed by atoms with Crippen molar-refractivity contribution in [1.82, 2.24) is 9.80 Å². The lowest BCUT2D eigenvalue weighted by Crippen LogP contribution is -2.27. The van der Waals surface area contributed by atoms with Gasteiger partial charge in [0.15, 0.2) is 0 Å². The third kappa shape index (κ3) is 9.59. The van der Waals surface area contributed by atoms with E-state index in [1.54, 1.807) is 0 Å². The Morgan fingerprint density at radius 2 is 1.17 bits per heavy atom. The second-order valence-electron chi connectivity index (χ2n) is 4.54. The molecule has 4 heteroatoms. The van der Waals surface area contributed by atoms with Gasteiger partial charge in [0.05, 0.1) is 0 Å². The normalized spacial score (nSPS) is 12.1. The summed E-state index contributed by atoms with van der Waals surface area (Å²) in [6.07, 6.45) is 6.70. The van der Waals surface area contributed by atoms with Crippen molar-refractivity contribution in [3.05, 3.63) is 12.2 Å². The number of hydrogen-bond donors (Lipinski definition) is 2. The van der Waals surface area contributed by atoms with Gasteiger partial charge in [0, 0.05) is 13.1 Å². The van der Waals surface area contributed by atoms with Crippen molar-refractivity contribution < 1.29 is 0 Å². The molecule has 0 spiro atoms. The molecule has 0 aromatic carbocycles. The molecule has 4 N–H and O–H groups in total. The fraction of sp³-hybridized carbons (Fsp3) is 0.857. The van der Waals surface area contributed by atoms with Gasteiger partial charge in [0.25, 0.3) is 0 Å². The van der Waals surface area contributed by atoms with Gasteiger partial charge >= 0.3 is 0 Å². The minimum atomic E-state index is 0.781. The smallest absolute Gasteiger partial charge is 0.0163 e. The minimum absolute atomic E-state index is 0.781. The highest BCUT2D eigenvalue weighted by molar-refractivity contribution is 4.87. The van der Waals surface area contributed by atoms with E-state index in [0.717, 1.165) is 65.2 Å². The van der Waals surface area contributed by atoms with Crippen LogP contribution in [0, 0.1) is 0 Å². The van der Waals surface area contributed by atoms with Crippen LogP contribution in [0.5, 0.6) is 0 Å². The van der Waals surface area contributed by atoms with Crippen molar-refractivity contribution in [3.8, 4) is 0 Å². The molecule has 0 saturated heterocycles. The standard InChI is InChI=1S/C14H32N4/c1-3-17(13-7-9-15)11-5-6-12-18(4-2)14-8-10-16/h5-6H,3-4,7-16H2,1-2H3. The number of likely N-dealkylation sites (N-methyl/N-ethyl adjacent to an activating group) is 2. The molecule has 0 aliphatic heterocycles. The second kappa shape index (κ2) is 13.0. The third-order valence-corrected chi connectivity index (χ3v) is 3.15. The van der Waals surface area contributed by atoms with Crippen LogP contribution in [0.1, 0.15) is 26.7 Å². The Morgan fingerprint density at radius 3 is 1.44 bits per heavy atom. The Labute approximate surface area is 113 Å². The zero-order valence-corrected chi connectivity index (χ0v) is 12.3. The van der Waals surface area contributed by atoms with E-state index in [2.05, 4.69) is 35.8 Å². The maximum Gasteiger partial charge on any atom is 0.0163 e. The molecule has 0 bridgehead atoms. The summed E-state index contributed by atoms with van der Waals surface area (Å²) in [5, 5.41) is 0. The number of nitrogens with zero attached hydrogens (tertiary/aromatic N) is 2. The molecule has 0 aromatic heterocycles. The van der Waals surface area contributed by atoms with Crippen LogP contribution in [0.3, 0.4) is 0 Å². The fourth-order valence-electron chi connectivity index (χ4n) is 1.83. The maximum absolute atomic E-state index is 5.53. The first-order valence-corrected chi connectivity index (χ1v) is 7.28. The number of rotatable bonds is 12. The van der Waals surface area contributed by atoms with Crippen LogP contribution in [-0.2, 0) is 0 Å². The second-order valence-corrected chi connectivity index (χ2v) is 4.54. The summed E-state index contributed by atoms with van der Waals surface area (Å²) >= 11 is 0. The average molecular weight is 256 g/mol. The van der Waals surface area contributed by atoms with Gasteiger partial charge in [-0.2, -0.15) is 0 Å². The molecule has 0 aliphatic carbocycles. The molecule has 0 radical (unpaired) electrons. The van der Waals surface area contributed by atoms with Gasteiger partial charge in [-0.3, -0.25) is 9.80 Å². The van der Waals surface area contributed by atoms with Gasteiger partial charge in [-0.05, 0) is 52.1 Å². The van der Waals surface area contributed by atoms with Crippen LogP contribution in [0.2, 0.25) is 0 Å². The monoisotopic (exact) mass is 256 g/mol. The quantitative estimate of drug-likeness (QED) is 0.509. The van der Waals surface area contributed by atoms with Crippen molar-refractivity contribution in [2.45, 2.75) is 26.7 Å². The highest BCUT2D eigenvalue weighted by atomic mass is 15.1. The van der Waals surface area contributed by atoms with E-state index in [1.165, 1.54) is 0 Å². The molecule has 18 heavy (non-hydrogen) atoms. The molecule has 0 fully saturated rings. The highest BCUT2D eigenvalue weighted by Gasteiger charge is 2.00. The number of hydrogen-bond acceptors (Lipinski definition) is 4. The van der Waals surface area contributed by atoms with E-state index in [0.29, 0.717) is 0 Å². The Balaban J connectivity index is 3.77. The van der Waals surface area contributed by atoms with Gasteiger partial charge in [-0.15, -0.1) is 0 Å². The Kier molecular flexibility index (Phi) is 12.7. The van der Waals surface area contributed by atoms with Gasteiger partial charge in [-0.1, -0.05) is 26.0 Å². The maximum atomic E-state index is 5.53. The molecule has 0 heterocycles. The minimum Gasteiger partial charge on any atom is -0.330 e. The summed E-state index contributed by atoms with van der Waals surface area (Å²) in [7, 11) is 0. The lowest BCUT2D eigenvalue weighted by atomic mass is 10.3. The molecule has 0 unspecified atom stereocenters. The molecule has 0 amide bonds. The molecule has 0 atom stereocenters. The van der Waals surface area contributed by atoms with Gasteiger partial charge in [-0.25, -0.2) is 0 Å². The molecular formula is C14H32N4. The summed E-state index contributed by atoms with van der Waals surface area (Å²) in [5.41, 5.74) is 11.1. The lowest BCUT2D eigenvalue weighted by Gasteiger charge is -2.19. The topological polar surface area (TPSA) is 58.5 Å². The largest absolute Gasteiger partial charge is 0.330 e. The molecule has 0 aliphatic rings. The first kappa shape index (κ1) is 17.6. The molecule has 0 saturated carbocycles. The van der Waals surface area contributed by atoms with E-state index in [9.17, 15) is 0 Å². The van der Waals surface area contributed by atoms with Crippen molar-refractivity contribution in [1.29, 1.82) is 0 Å². The van der Waals surface area contributed by atoms with E-state index < -0.39 is 0 Å². The molecule has 0 rings (SSSR count). The summed E-state index contributed by atoms with van der Waals surface area (Å²) in [5.74, 6) is 0. The summed E-state index contributed by atoms with van der Waals surface area (Å²) < 4.78 is 0. The fourth-order valence-corrected chi connectivity index (χ4v) is 1.83. The Hall–Kier alpha value is -0.420. The first-order chi connectivity index (χ1) is 8.78. The summed E-state index contributed by atoms with van der Waals surface area (Å²) in [6.45, 7) is 12.4. The van der Waals surface area contributed by atoms with Crippen molar-refractivity contribution in [2.75, 3.05) is 52.4 Å². The zero-order valence-electron chi connectivity index (χ0n) is 12.3. The van der Waals surface area contributed by atoms with E-state index >= 15 is 0 Å². The van der Waals surface area contributed by atoms with E-state index in [4.69, 9.17) is 11.5 Å². The van der Waals surface area contributed by atoms with Crippen LogP contribution in [0.4, 0.5) is 0 Å². The summed E-state index contributed by atoms with van der Waals surface area (Å²) in [4.78, 5) is 4.83. The Bertz CT molecular complexity index is 174. The van der Waals surface area contributed by atoms with Crippen LogP contribution >= 0.6 is 0 Å². The molecule has 4 nitrogen and oxygen atoms in total. The van der Waals surface area contributed by atoms with Crippen molar-refractivity contribution in [2.24, 2.45) is 11.5 Å². The molecule has 108 valence electrons. The molecular weight excluding hydrogens is 224 g/mol. The summed E-state index contributed by atoms with van der Waals surface area (Å²) in [6, 6.07) is 0. The van der Waals surface area contributed by atoms with Gasteiger partial charge < -0.3 is 11.5 Å². The van der Waals surface area contributed by atoms with E-state index in [1.807, 2.05) is 0 Å². The zero-order chi connectivity index (χ0) is 13.6. The van der Waals surface area contributed by atoms with Crippen LogP contribution in [0.15, 0.2) is 12.2 Å². The Morgan fingerprint density at radius 1 is 0.778 bits per heavy atom. The lowest BCUT2D eigenvalue weighted by molar-refractivity contribution is 0.308. The molecule has 0 aromatic rings. The predicted molar refractivity (Wildman–Crippen MR) is 80.7 cm³/mol. The van der Waals surface area contributed by atoms with Crippen molar-refractivity contribution >= 4 is 0 Å². The van der Waals surface area contributed by atoms with Gasteiger partial charge in [0.2, 0.25) is 0 Å².